The zero-order valence-corrected chi connectivity index (χ0v) is 21.7. The molecule has 0 N–H and O–H groups in total. The number of benzene rings is 3. The molecule has 1 fully saturated rings. The van der Waals surface area contributed by atoms with E-state index in [0.29, 0.717) is 48.1 Å². The molecule has 0 bridgehead atoms. The molecule has 4 rings (SSSR count). The van der Waals surface area contributed by atoms with Gasteiger partial charge in [-0.2, -0.15) is 5.26 Å². The number of thioether (sulfide) groups is 1. The van der Waals surface area contributed by atoms with Crippen molar-refractivity contribution < 1.29 is 14.3 Å². The first-order valence-electron chi connectivity index (χ1n) is 9.92. The lowest BCUT2D eigenvalue weighted by atomic mass is 10.1. The third-order valence-corrected chi connectivity index (χ3v) is 7.04. The number of nitriles is 1. The minimum Gasteiger partial charge on any atom is -0.493 e. The Morgan fingerprint density at radius 2 is 1.88 bits per heavy atom. The average molecular weight is 572 g/mol. The van der Waals surface area contributed by atoms with Crippen molar-refractivity contribution in [1.82, 2.24) is 0 Å². The summed E-state index contributed by atoms with van der Waals surface area (Å²) in [5.41, 5.74) is 2.93. The highest BCUT2D eigenvalue weighted by molar-refractivity contribution is 9.10. The van der Waals surface area contributed by atoms with Crippen molar-refractivity contribution in [2.75, 3.05) is 12.0 Å². The van der Waals surface area contributed by atoms with E-state index in [1.54, 1.807) is 55.7 Å². The summed E-state index contributed by atoms with van der Waals surface area (Å²) in [6, 6.07) is 19.9. The molecule has 0 atom stereocenters. The van der Waals surface area contributed by atoms with Gasteiger partial charge in [-0.25, -0.2) is 0 Å². The molecule has 3 aromatic rings. The second-order valence-corrected chi connectivity index (χ2v) is 10.1. The molecule has 1 aliphatic heterocycles. The van der Waals surface area contributed by atoms with Crippen molar-refractivity contribution in [2.24, 2.45) is 0 Å². The summed E-state index contributed by atoms with van der Waals surface area (Å²) in [5.74, 6) is 0.855. The van der Waals surface area contributed by atoms with Gasteiger partial charge in [0.2, 0.25) is 0 Å². The third kappa shape index (κ3) is 5.29. The van der Waals surface area contributed by atoms with Crippen LogP contribution >= 0.6 is 51.5 Å². The monoisotopic (exact) mass is 570 g/mol. The molecule has 0 unspecified atom stereocenters. The minimum atomic E-state index is -0.200. The van der Waals surface area contributed by atoms with E-state index in [9.17, 15) is 4.79 Å². The molecule has 1 saturated heterocycles. The van der Waals surface area contributed by atoms with Gasteiger partial charge in [0.25, 0.3) is 5.91 Å². The summed E-state index contributed by atoms with van der Waals surface area (Å²) < 4.78 is 12.6. The molecule has 0 aromatic heterocycles. The fourth-order valence-electron chi connectivity index (χ4n) is 3.23. The van der Waals surface area contributed by atoms with E-state index in [4.69, 9.17) is 38.6 Å². The smallest absolute Gasteiger partial charge is 0.270 e. The normalized spacial score (nSPS) is 14.4. The van der Waals surface area contributed by atoms with Crippen LogP contribution in [0.15, 0.2) is 70.0 Å². The molecule has 170 valence electrons. The quantitative estimate of drug-likeness (QED) is 0.235. The Kier molecular flexibility index (Phi) is 7.59. The number of carbonyl (C=O) groups is 1. The number of hydrogen-bond acceptors (Lipinski definition) is 6. The number of ether oxygens (including phenoxy) is 2. The third-order valence-electron chi connectivity index (χ3n) is 4.89. The van der Waals surface area contributed by atoms with Gasteiger partial charge in [0.05, 0.1) is 33.8 Å². The van der Waals surface area contributed by atoms with Gasteiger partial charge in [-0.3, -0.25) is 9.69 Å². The minimum absolute atomic E-state index is 0.200. The van der Waals surface area contributed by atoms with Crippen LogP contribution in [0.2, 0.25) is 5.02 Å². The lowest BCUT2D eigenvalue weighted by molar-refractivity contribution is -0.113. The van der Waals surface area contributed by atoms with Gasteiger partial charge in [-0.1, -0.05) is 47.7 Å². The highest BCUT2D eigenvalue weighted by atomic mass is 79.9. The zero-order valence-electron chi connectivity index (χ0n) is 17.7. The molecule has 5 nitrogen and oxygen atoms in total. The van der Waals surface area contributed by atoms with E-state index in [1.807, 2.05) is 18.2 Å². The molecule has 1 heterocycles. The Hall–Kier alpha value is -2.83. The lowest BCUT2D eigenvalue weighted by Crippen LogP contribution is -2.27. The largest absolute Gasteiger partial charge is 0.493 e. The molecule has 9 heteroatoms. The van der Waals surface area contributed by atoms with Crippen LogP contribution < -0.4 is 14.4 Å². The van der Waals surface area contributed by atoms with Gasteiger partial charge >= 0.3 is 0 Å². The molecule has 0 spiro atoms. The molecule has 3 aromatic carbocycles. The topological polar surface area (TPSA) is 62.6 Å². The predicted molar refractivity (Wildman–Crippen MR) is 143 cm³/mol. The number of rotatable bonds is 6. The number of thiocarbonyl (C=S) groups is 1. The van der Waals surface area contributed by atoms with Crippen LogP contribution in [0.1, 0.15) is 16.7 Å². The van der Waals surface area contributed by atoms with Crippen LogP contribution in [0.5, 0.6) is 11.5 Å². The SMILES string of the molecule is COc1cc(/C=C2\SC(=S)N(c3ccc(Cl)cc3)C2=O)cc(Br)c1OCc1ccc(C#N)cc1. The maximum Gasteiger partial charge on any atom is 0.270 e. The van der Waals surface area contributed by atoms with Gasteiger partial charge in [-0.15, -0.1) is 0 Å². The lowest BCUT2D eigenvalue weighted by Gasteiger charge is -2.14. The fourth-order valence-corrected chi connectivity index (χ4v) is 5.23. The number of carbonyl (C=O) groups excluding carboxylic acids is 1. The van der Waals surface area contributed by atoms with E-state index in [2.05, 4.69) is 22.0 Å². The van der Waals surface area contributed by atoms with Crippen LogP contribution in [-0.2, 0) is 11.4 Å². The summed E-state index contributed by atoms with van der Waals surface area (Å²) in [4.78, 5) is 15.0. The second kappa shape index (κ2) is 10.6. The Balaban J connectivity index is 1.56. The van der Waals surface area contributed by atoms with Crippen molar-refractivity contribution >= 4 is 73.5 Å². The predicted octanol–water partition coefficient (Wildman–Crippen LogP) is 6.97. The van der Waals surface area contributed by atoms with Crippen molar-refractivity contribution in [3.63, 3.8) is 0 Å². The second-order valence-electron chi connectivity index (χ2n) is 7.13. The first-order valence-corrected chi connectivity index (χ1v) is 12.3. The van der Waals surface area contributed by atoms with E-state index < -0.39 is 0 Å². The average Bonchev–Trinajstić information content (AvgIpc) is 3.11. The molecule has 1 amide bonds. The summed E-state index contributed by atoms with van der Waals surface area (Å²) >= 11 is 16.2. The first-order chi connectivity index (χ1) is 16.4. The molecular weight excluding hydrogens is 556 g/mol. The van der Waals surface area contributed by atoms with Gasteiger partial charge in [0, 0.05) is 5.02 Å². The molecular formula is C25H16BrClN2O3S2. The maximum absolute atomic E-state index is 13.0. The highest BCUT2D eigenvalue weighted by Gasteiger charge is 2.33. The van der Waals surface area contributed by atoms with Crippen LogP contribution in [-0.4, -0.2) is 17.3 Å². The van der Waals surface area contributed by atoms with Crippen LogP contribution in [0.4, 0.5) is 5.69 Å². The standard InChI is InChI=1S/C25H16BrClN2O3S2/c1-31-21-11-17(10-20(26)23(21)32-14-16-4-2-15(13-28)3-5-16)12-22-24(30)29(25(33)34-22)19-8-6-18(27)7-9-19/h2-12H,14H2,1H3/b22-12-. The molecule has 1 aliphatic rings. The molecule has 34 heavy (non-hydrogen) atoms. The Labute approximate surface area is 220 Å². The number of hydrogen-bond donors (Lipinski definition) is 0. The van der Waals surface area contributed by atoms with Crippen LogP contribution in [0.25, 0.3) is 6.08 Å². The summed E-state index contributed by atoms with van der Waals surface area (Å²) in [5, 5.41) is 9.52. The summed E-state index contributed by atoms with van der Waals surface area (Å²) in [6.45, 7) is 0.305. The number of halogens is 2. The fraction of sp³-hybridized carbons (Fsp3) is 0.0800. The number of methoxy groups -OCH3 is 1. The van der Waals surface area contributed by atoms with Crippen molar-refractivity contribution in [3.8, 4) is 17.6 Å². The number of nitrogens with zero attached hydrogens (tertiary/aromatic N) is 2. The highest BCUT2D eigenvalue weighted by Crippen LogP contribution is 2.40. The molecule has 0 aliphatic carbocycles. The van der Waals surface area contributed by atoms with Crippen molar-refractivity contribution in [1.29, 1.82) is 5.26 Å². The van der Waals surface area contributed by atoms with E-state index in [-0.39, 0.29) is 5.91 Å². The van der Waals surface area contributed by atoms with Crippen molar-refractivity contribution in [3.05, 3.63) is 91.8 Å². The van der Waals surface area contributed by atoms with E-state index in [0.717, 1.165) is 11.1 Å². The van der Waals surface area contributed by atoms with Gasteiger partial charge < -0.3 is 9.47 Å². The van der Waals surface area contributed by atoms with Gasteiger partial charge in [0.1, 0.15) is 6.61 Å². The Bertz CT molecular complexity index is 1340. The Morgan fingerprint density at radius 3 is 2.53 bits per heavy atom. The van der Waals surface area contributed by atoms with Crippen LogP contribution in [0, 0.1) is 11.3 Å². The van der Waals surface area contributed by atoms with Gasteiger partial charge in [0.15, 0.2) is 15.8 Å². The van der Waals surface area contributed by atoms with E-state index in [1.165, 1.54) is 16.7 Å². The van der Waals surface area contributed by atoms with Crippen molar-refractivity contribution in [2.45, 2.75) is 6.61 Å². The summed E-state index contributed by atoms with van der Waals surface area (Å²) in [7, 11) is 1.56. The van der Waals surface area contributed by atoms with Crippen LogP contribution in [0.3, 0.4) is 0 Å². The maximum atomic E-state index is 13.0. The van der Waals surface area contributed by atoms with Gasteiger partial charge in [-0.05, 0) is 81.7 Å². The van der Waals surface area contributed by atoms with E-state index >= 15 is 0 Å². The first kappa shape index (κ1) is 24.3. The zero-order chi connectivity index (χ0) is 24.2. The molecule has 0 radical (unpaired) electrons. The summed E-state index contributed by atoms with van der Waals surface area (Å²) in [6.07, 6.45) is 1.77. The molecule has 0 saturated carbocycles. The number of amides is 1. The number of anilines is 1. The Morgan fingerprint density at radius 1 is 1.18 bits per heavy atom.